The van der Waals surface area contributed by atoms with Gasteiger partial charge in [0.25, 0.3) is 0 Å². The third-order valence-electron chi connectivity index (χ3n) is 8.63. The Hall–Kier alpha value is -4.23. The summed E-state index contributed by atoms with van der Waals surface area (Å²) in [6, 6.07) is 28.8. The van der Waals surface area contributed by atoms with E-state index in [1.807, 2.05) is 36.4 Å². The molecule has 210 valence electrons. The topological polar surface area (TPSA) is 85.8 Å². The highest BCUT2D eigenvalue weighted by molar-refractivity contribution is 6.00. The van der Waals surface area contributed by atoms with Crippen LogP contribution in [0.1, 0.15) is 36.8 Å². The maximum absolute atomic E-state index is 13.9. The zero-order valence-corrected chi connectivity index (χ0v) is 23.3. The lowest BCUT2D eigenvalue weighted by Gasteiger charge is -2.36. The number of para-hydroxylation sites is 1. The van der Waals surface area contributed by atoms with Crippen molar-refractivity contribution < 1.29 is 14.7 Å². The van der Waals surface area contributed by atoms with Gasteiger partial charge in [-0.25, -0.2) is 4.98 Å². The van der Waals surface area contributed by atoms with Crippen molar-refractivity contribution in [1.29, 1.82) is 0 Å². The number of pyridine rings is 1. The molecule has 2 aliphatic rings. The van der Waals surface area contributed by atoms with E-state index < -0.39 is 11.4 Å². The molecule has 1 saturated heterocycles. The van der Waals surface area contributed by atoms with Crippen molar-refractivity contribution >= 4 is 28.6 Å². The van der Waals surface area contributed by atoms with E-state index in [0.29, 0.717) is 6.42 Å². The highest BCUT2D eigenvalue weighted by atomic mass is 16.4. The second-order valence-corrected chi connectivity index (χ2v) is 11.0. The highest BCUT2D eigenvalue weighted by Crippen LogP contribution is 2.51. The molecule has 6 rings (SSSR count). The number of rotatable bonds is 10. The van der Waals surface area contributed by atoms with Crippen LogP contribution in [-0.4, -0.2) is 66.1 Å². The van der Waals surface area contributed by atoms with Crippen molar-refractivity contribution in [3.8, 4) is 11.1 Å². The van der Waals surface area contributed by atoms with E-state index in [9.17, 15) is 9.59 Å². The molecular weight excluding hydrogens is 512 g/mol. The number of anilines is 1. The molecule has 3 aromatic carbocycles. The number of carboxylic acid groups (broad SMARTS) is 1. The number of benzene rings is 3. The quantitative estimate of drug-likeness (QED) is 0.269. The number of piperazine rings is 1. The molecule has 7 nitrogen and oxygen atoms in total. The lowest BCUT2D eigenvalue weighted by molar-refractivity contribution is -0.137. The van der Waals surface area contributed by atoms with Gasteiger partial charge in [0.05, 0.1) is 11.9 Å². The SMILES string of the molecule is O=C(O)CCNC(=O)C1(CCCCN2CCN(c3ccc4ccccc4n3)CC2)c2ccccc2-c2ccccc21. The van der Waals surface area contributed by atoms with Gasteiger partial charge in [-0.05, 0) is 59.8 Å². The van der Waals surface area contributed by atoms with Gasteiger partial charge in [-0.15, -0.1) is 0 Å². The first-order valence-electron chi connectivity index (χ1n) is 14.6. The number of amides is 1. The van der Waals surface area contributed by atoms with Crippen molar-refractivity contribution in [1.82, 2.24) is 15.2 Å². The zero-order valence-electron chi connectivity index (χ0n) is 23.3. The first-order valence-corrected chi connectivity index (χ1v) is 14.6. The van der Waals surface area contributed by atoms with Crippen molar-refractivity contribution in [3.63, 3.8) is 0 Å². The maximum Gasteiger partial charge on any atom is 0.305 e. The number of carbonyl (C=O) groups excluding carboxylic acids is 1. The zero-order chi connectivity index (χ0) is 28.2. The van der Waals surface area contributed by atoms with Gasteiger partial charge in [0.1, 0.15) is 11.2 Å². The van der Waals surface area contributed by atoms with E-state index in [1.54, 1.807) is 0 Å². The van der Waals surface area contributed by atoms with Crippen LogP contribution in [0.2, 0.25) is 0 Å². The number of carboxylic acids is 1. The minimum absolute atomic E-state index is 0.0915. The smallest absolute Gasteiger partial charge is 0.305 e. The summed E-state index contributed by atoms with van der Waals surface area (Å²) in [6.45, 7) is 4.97. The molecule has 2 heterocycles. The predicted octanol–water partition coefficient (Wildman–Crippen LogP) is 5.08. The number of unbranched alkanes of at least 4 members (excludes halogenated alkanes) is 1. The summed E-state index contributed by atoms with van der Waals surface area (Å²) in [4.78, 5) is 34.8. The number of nitrogens with zero attached hydrogens (tertiary/aromatic N) is 3. The molecule has 0 bridgehead atoms. The van der Waals surface area contributed by atoms with Gasteiger partial charge in [0.15, 0.2) is 0 Å². The molecule has 0 unspecified atom stereocenters. The van der Waals surface area contributed by atoms with E-state index in [2.05, 4.69) is 63.6 Å². The molecule has 0 spiro atoms. The van der Waals surface area contributed by atoms with Gasteiger partial charge >= 0.3 is 5.97 Å². The molecular formula is C34H36N4O3. The van der Waals surface area contributed by atoms with Crippen LogP contribution in [0.4, 0.5) is 5.82 Å². The third-order valence-corrected chi connectivity index (χ3v) is 8.63. The number of nitrogens with one attached hydrogen (secondary N) is 1. The Morgan fingerprint density at radius 1 is 0.805 bits per heavy atom. The van der Waals surface area contributed by atoms with Gasteiger partial charge in [-0.3, -0.25) is 14.5 Å². The fraction of sp³-hybridized carbons (Fsp3) is 0.324. The van der Waals surface area contributed by atoms with Crippen LogP contribution in [0.15, 0.2) is 84.9 Å². The number of hydrogen-bond acceptors (Lipinski definition) is 5. The molecule has 2 N–H and O–H groups in total. The van der Waals surface area contributed by atoms with Crippen molar-refractivity contribution in [3.05, 3.63) is 96.1 Å². The van der Waals surface area contributed by atoms with E-state index in [1.165, 1.54) is 0 Å². The summed E-state index contributed by atoms with van der Waals surface area (Å²) >= 11 is 0. The maximum atomic E-state index is 13.9. The molecule has 41 heavy (non-hydrogen) atoms. The average Bonchev–Trinajstić information content (AvgIpc) is 3.30. The summed E-state index contributed by atoms with van der Waals surface area (Å²) in [5.41, 5.74) is 4.44. The van der Waals surface area contributed by atoms with Crippen molar-refractivity contribution in [2.45, 2.75) is 31.1 Å². The number of hydrogen-bond donors (Lipinski definition) is 2. The molecule has 1 aliphatic carbocycles. The van der Waals surface area contributed by atoms with E-state index in [0.717, 1.165) is 84.5 Å². The molecule has 1 aromatic heterocycles. The number of aromatic nitrogens is 1. The van der Waals surface area contributed by atoms with Crippen LogP contribution in [0, 0.1) is 0 Å². The summed E-state index contributed by atoms with van der Waals surface area (Å²) in [5, 5.41) is 13.3. The van der Waals surface area contributed by atoms with Crippen LogP contribution in [0.25, 0.3) is 22.0 Å². The molecule has 0 atom stereocenters. The fourth-order valence-corrected chi connectivity index (χ4v) is 6.54. The van der Waals surface area contributed by atoms with E-state index >= 15 is 0 Å². The normalized spacial score (nSPS) is 15.9. The molecule has 7 heteroatoms. The van der Waals surface area contributed by atoms with Crippen LogP contribution in [-0.2, 0) is 15.0 Å². The Bertz CT molecular complexity index is 1520. The van der Waals surface area contributed by atoms with Gasteiger partial charge in [0.2, 0.25) is 5.91 Å². The Morgan fingerprint density at radius 3 is 2.17 bits per heavy atom. The van der Waals surface area contributed by atoms with Crippen LogP contribution >= 0.6 is 0 Å². The minimum atomic E-state index is -0.914. The van der Waals surface area contributed by atoms with Gasteiger partial charge in [-0.2, -0.15) is 0 Å². The monoisotopic (exact) mass is 548 g/mol. The lowest BCUT2D eigenvalue weighted by atomic mass is 9.73. The summed E-state index contributed by atoms with van der Waals surface area (Å²) in [5.74, 6) is 0.0217. The lowest BCUT2D eigenvalue weighted by Crippen LogP contribution is -2.47. The number of fused-ring (bicyclic) bond motifs is 4. The molecule has 0 saturated carbocycles. The fourth-order valence-electron chi connectivity index (χ4n) is 6.54. The number of aliphatic carboxylic acids is 1. The number of carbonyl (C=O) groups is 2. The Labute approximate surface area is 240 Å². The standard InChI is InChI=1S/C34H36N4O3/c39-32(40)17-19-35-33(41)34(28-12-4-2-10-26(28)27-11-3-5-13-29(27)34)18-7-8-20-37-21-23-38(24-22-37)31-16-15-25-9-1-6-14-30(25)36-31/h1-6,9-16H,7-8,17-24H2,(H,35,41)(H,39,40). The van der Waals surface area contributed by atoms with Gasteiger partial charge in [-0.1, -0.05) is 73.2 Å². The first-order chi connectivity index (χ1) is 20.1. The van der Waals surface area contributed by atoms with E-state index in [-0.39, 0.29) is 18.9 Å². The summed E-state index contributed by atoms with van der Waals surface area (Å²) in [7, 11) is 0. The Kier molecular flexibility index (Phi) is 7.70. The van der Waals surface area contributed by atoms with Crippen molar-refractivity contribution in [2.75, 3.05) is 44.2 Å². The van der Waals surface area contributed by atoms with E-state index in [4.69, 9.17) is 10.1 Å². The average molecular weight is 549 g/mol. The first kappa shape index (κ1) is 27.0. The molecule has 1 aliphatic heterocycles. The molecule has 0 radical (unpaired) electrons. The van der Waals surface area contributed by atoms with Gasteiger partial charge < -0.3 is 15.3 Å². The van der Waals surface area contributed by atoms with Crippen LogP contribution < -0.4 is 10.2 Å². The van der Waals surface area contributed by atoms with Crippen LogP contribution in [0.3, 0.4) is 0 Å². The molecule has 1 fully saturated rings. The third kappa shape index (κ3) is 5.30. The Balaban J connectivity index is 1.11. The second-order valence-electron chi connectivity index (χ2n) is 11.0. The van der Waals surface area contributed by atoms with Gasteiger partial charge in [0, 0.05) is 38.1 Å². The predicted molar refractivity (Wildman–Crippen MR) is 162 cm³/mol. The highest BCUT2D eigenvalue weighted by Gasteiger charge is 2.48. The summed E-state index contributed by atoms with van der Waals surface area (Å²) < 4.78 is 0. The van der Waals surface area contributed by atoms with Crippen molar-refractivity contribution in [2.24, 2.45) is 0 Å². The largest absolute Gasteiger partial charge is 0.481 e. The van der Waals surface area contributed by atoms with Crippen LogP contribution in [0.5, 0.6) is 0 Å². The Morgan fingerprint density at radius 2 is 1.46 bits per heavy atom. The summed E-state index contributed by atoms with van der Waals surface area (Å²) in [6.07, 6.45) is 2.47. The minimum Gasteiger partial charge on any atom is -0.481 e. The molecule has 1 amide bonds. The second kappa shape index (κ2) is 11.7. The molecule has 4 aromatic rings.